The number of alkyl halides is 1. The standard InChI is InChI=1S/C16H20ClN3/c1-12(2)15-10-16(19-11-18-15)20-14-7-3-5-13(9-14)6-4-8-17/h3,5,7,9-12H,4,6,8H2,1-2H3,(H,18,19,20). The number of nitrogens with zero attached hydrogens (tertiary/aromatic N) is 2. The van der Waals surface area contributed by atoms with Gasteiger partial charge in [0.2, 0.25) is 0 Å². The van der Waals surface area contributed by atoms with Gasteiger partial charge in [-0.25, -0.2) is 9.97 Å². The molecular weight excluding hydrogens is 270 g/mol. The molecule has 0 atom stereocenters. The van der Waals surface area contributed by atoms with Gasteiger partial charge < -0.3 is 5.32 Å². The second-order valence-corrected chi connectivity index (χ2v) is 5.48. The Bertz CT molecular complexity index is 555. The highest BCUT2D eigenvalue weighted by atomic mass is 35.5. The maximum absolute atomic E-state index is 5.74. The summed E-state index contributed by atoms with van der Waals surface area (Å²) in [5, 5.41) is 3.33. The minimum absolute atomic E-state index is 0.397. The second-order valence-electron chi connectivity index (χ2n) is 5.10. The third kappa shape index (κ3) is 4.20. The van der Waals surface area contributed by atoms with Crippen LogP contribution in [0.1, 0.15) is 37.4 Å². The zero-order chi connectivity index (χ0) is 14.4. The fourth-order valence-corrected chi connectivity index (χ4v) is 2.11. The van der Waals surface area contributed by atoms with Crippen molar-refractivity contribution < 1.29 is 0 Å². The predicted molar refractivity (Wildman–Crippen MR) is 84.9 cm³/mol. The Morgan fingerprint density at radius 3 is 2.80 bits per heavy atom. The van der Waals surface area contributed by atoms with Crippen LogP contribution >= 0.6 is 11.6 Å². The van der Waals surface area contributed by atoms with Crippen LogP contribution in [0.5, 0.6) is 0 Å². The van der Waals surface area contributed by atoms with E-state index in [1.54, 1.807) is 6.33 Å². The van der Waals surface area contributed by atoms with E-state index in [-0.39, 0.29) is 0 Å². The largest absolute Gasteiger partial charge is 0.340 e. The number of nitrogens with one attached hydrogen (secondary N) is 1. The summed E-state index contributed by atoms with van der Waals surface area (Å²) in [6.45, 7) is 4.25. The van der Waals surface area contributed by atoms with Crippen LogP contribution in [-0.2, 0) is 6.42 Å². The van der Waals surface area contributed by atoms with Crippen molar-refractivity contribution in [1.82, 2.24) is 9.97 Å². The third-order valence-corrected chi connectivity index (χ3v) is 3.35. The van der Waals surface area contributed by atoms with Gasteiger partial charge >= 0.3 is 0 Å². The van der Waals surface area contributed by atoms with E-state index in [1.165, 1.54) is 5.56 Å². The summed E-state index contributed by atoms with van der Waals surface area (Å²) >= 11 is 5.74. The van der Waals surface area contributed by atoms with Gasteiger partial charge in [-0.2, -0.15) is 0 Å². The summed E-state index contributed by atoms with van der Waals surface area (Å²) in [6, 6.07) is 10.4. The molecule has 1 N–H and O–H groups in total. The van der Waals surface area contributed by atoms with E-state index in [0.717, 1.165) is 30.0 Å². The van der Waals surface area contributed by atoms with Crippen molar-refractivity contribution in [1.29, 1.82) is 0 Å². The molecule has 3 nitrogen and oxygen atoms in total. The van der Waals surface area contributed by atoms with Crippen molar-refractivity contribution >= 4 is 23.1 Å². The van der Waals surface area contributed by atoms with Crippen molar-refractivity contribution in [2.75, 3.05) is 11.2 Å². The van der Waals surface area contributed by atoms with Gasteiger partial charge in [0.05, 0.1) is 0 Å². The van der Waals surface area contributed by atoms with Crippen LogP contribution in [-0.4, -0.2) is 15.8 Å². The molecule has 0 unspecified atom stereocenters. The molecule has 4 heteroatoms. The Labute approximate surface area is 125 Å². The Morgan fingerprint density at radius 1 is 1.20 bits per heavy atom. The van der Waals surface area contributed by atoms with Gasteiger partial charge in [-0.05, 0) is 36.5 Å². The summed E-state index contributed by atoms with van der Waals surface area (Å²) in [7, 11) is 0. The molecule has 1 aromatic heterocycles. The highest BCUT2D eigenvalue weighted by Gasteiger charge is 2.03. The number of aryl methyl sites for hydroxylation is 1. The molecule has 2 aromatic rings. The lowest BCUT2D eigenvalue weighted by Crippen LogP contribution is -1.99. The number of benzene rings is 1. The Kier molecular flexibility index (Phi) is 5.36. The van der Waals surface area contributed by atoms with Crippen molar-refractivity contribution in [3.05, 3.63) is 47.9 Å². The predicted octanol–water partition coefficient (Wildman–Crippen LogP) is 4.52. The topological polar surface area (TPSA) is 37.8 Å². The molecule has 0 saturated carbocycles. The highest BCUT2D eigenvalue weighted by Crippen LogP contribution is 2.19. The summed E-state index contributed by atoms with van der Waals surface area (Å²) in [4.78, 5) is 8.54. The second kappa shape index (κ2) is 7.25. The Hall–Kier alpha value is -1.61. The lowest BCUT2D eigenvalue weighted by molar-refractivity contribution is 0.815. The summed E-state index contributed by atoms with van der Waals surface area (Å²) in [5.74, 6) is 1.92. The van der Waals surface area contributed by atoms with Gasteiger partial charge in [0.15, 0.2) is 0 Å². The minimum atomic E-state index is 0.397. The van der Waals surface area contributed by atoms with Gasteiger partial charge in [-0.3, -0.25) is 0 Å². The molecule has 0 aliphatic heterocycles. The molecule has 0 fully saturated rings. The monoisotopic (exact) mass is 289 g/mol. The van der Waals surface area contributed by atoms with Crippen LogP contribution < -0.4 is 5.32 Å². The zero-order valence-corrected chi connectivity index (χ0v) is 12.7. The first-order valence-corrected chi connectivity index (χ1v) is 7.46. The van der Waals surface area contributed by atoms with Crippen LogP contribution in [0.3, 0.4) is 0 Å². The first-order valence-electron chi connectivity index (χ1n) is 6.93. The first kappa shape index (κ1) is 14.8. The van der Waals surface area contributed by atoms with E-state index in [4.69, 9.17) is 11.6 Å². The number of halogens is 1. The fraction of sp³-hybridized carbons (Fsp3) is 0.375. The molecule has 0 aliphatic carbocycles. The maximum Gasteiger partial charge on any atom is 0.133 e. The van der Waals surface area contributed by atoms with Gasteiger partial charge in [0, 0.05) is 23.3 Å². The summed E-state index contributed by atoms with van der Waals surface area (Å²) < 4.78 is 0. The first-order chi connectivity index (χ1) is 9.69. The van der Waals surface area contributed by atoms with Gasteiger partial charge in [-0.15, -0.1) is 11.6 Å². The van der Waals surface area contributed by atoms with E-state index < -0.39 is 0 Å². The summed E-state index contributed by atoms with van der Waals surface area (Å²) in [5.41, 5.74) is 3.38. The molecule has 1 heterocycles. The number of hydrogen-bond acceptors (Lipinski definition) is 3. The molecule has 1 aromatic carbocycles. The lowest BCUT2D eigenvalue weighted by Gasteiger charge is -2.09. The van der Waals surface area contributed by atoms with E-state index in [2.05, 4.69) is 47.3 Å². The average Bonchev–Trinajstić information content (AvgIpc) is 2.46. The zero-order valence-electron chi connectivity index (χ0n) is 11.9. The Morgan fingerprint density at radius 2 is 2.05 bits per heavy atom. The summed E-state index contributed by atoms with van der Waals surface area (Å²) in [6.07, 6.45) is 3.60. The van der Waals surface area contributed by atoms with Gasteiger partial charge in [-0.1, -0.05) is 26.0 Å². The normalized spacial score (nSPS) is 10.8. The molecule has 106 valence electrons. The quantitative estimate of drug-likeness (QED) is 0.795. The van der Waals surface area contributed by atoms with E-state index >= 15 is 0 Å². The van der Waals surface area contributed by atoms with Crippen LogP contribution in [0.15, 0.2) is 36.7 Å². The number of rotatable bonds is 6. The molecule has 0 bridgehead atoms. The van der Waals surface area contributed by atoms with E-state index in [1.807, 2.05) is 12.1 Å². The van der Waals surface area contributed by atoms with Crippen molar-refractivity contribution in [3.8, 4) is 0 Å². The van der Waals surface area contributed by atoms with Crippen molar-refractivity contribution in [3.63, 3.8) is 0 Å². The molecule has 2 rings (SSSR count). The Balaban J connectivity index is 2.11. The molecule has 20 heavy (non-hydrogen) atoms. The number of anilines is 2. The van der Waals surface area contributed by atoms with Gasteiger partial charge in [0.25, 0.3) is 0 Å². The average molecular weight is 290 g/mol. The smallest absolute Gasteiger partial charge is 0.133 e. The van der Waals surface area contributed by atoms with Crippen LogP contribution in [0.2, 0.25) is 0 Å². The van der Waals surface area contributed by atoms with Crippen LogP contribution in [0.4, 0.5) is 11.5 Å². The number of hydrogen-bond donors (Lipinski definition) is 1. The van der Waals surface area contributed by atoms with E-state index in [9.17, 15) is 0 Å². The maximum atomic E-state index is 5.74. The number of aromatic nitrogens is 2. The molecule has 0 amide bonds. The molecule has 0 spiro atoms. The van der Waals surface area contributed by atoms with Crippen LogP contribution in [0.25, 0.3) is 0 Å². The van der Waals surface area contributed by atoms with Crippen LogP contribution in [0, 0.1) is 0 Å². The molecule has 0 aliphatic rings. The molecule has 0 saturated heterocycles. The lowest BCUT2D eigenvalue weighted by atomic mass is 10.1. The van der Waals surface area contributed by atoms with E-state index in [0.29, 0.717) is 11.8 Å². The molecule has 0 radical (unpaired) electrons. The fourth-order valence-electron chi connectivity index (χ4n) is 1.98. The SMILES string of the molecule is CC(C)c1cc(Nc2cccc(CCCCl)c2)ncn1. The van der Waals surface area contributed by atoms with Crippen molar-refractivity contribution in [2.24, 2.45) is 0 Å². The van der Waals surface area contributed by atoms with Crippen molar-refractivity contribution in [2.45, 2.75) is 32.6 Å². The molecular formula is C16H20ClN3. The minimum Gasteiger partial charge on any atom is -0.340 e. The van der Waals surface area contributed by atoms with Gasteiger partial charge in [0.1, 0.15) is 12.1 Å². The highest BCUT2D eigenvalue weighted by molar-refractivity contribution is 6.17. The third-order valence-electron chi connectivity index (χ3n) is 3.08.